The number of ether oxygens (including phenoxy) is 2. The van der Waals surface area contributed by atoms with Crippen molar-refractivity contribution in [1.82, 2.24) is 35.3 Å². The van der Waals surface area contributed by atoms with Gasteiger partial charge in [-0.05, 0) is 240 Å². The standard InChI is InChI=1S/C37H51N5O3.C36H50N4O3/c1-7-42(32-14-12-31(13-15-32)40(5)6)35-22-30(29-10-8-28(9-11-29)24-41-16-18-45-19-17-41)21-33(27(35)4)36(43)38-23-34-25(2)20-26(3)39-37(34)44;1-8-10-19-43-31-17-11-27(12-18-31)28-21-32(35(41)37-23-33-24(3)20-25(4)38-36(33)42)26(5)34(22-28)40(9-2)30-15-13-29(14-16-30)39(6)7/h8-11,20-22,31-32H,7,12-19,23-24H2,1-6H3,(H,38,43)(H,39,44);11-12,17-18,20-22,29-30H,8-10,13-16,19,23H2,1-7H3,(H,37,41)(H,38,42). The van der Waals surface area contributed by atoms with Crippen molar-refractivity contribution < 1.29 is 19.1 Å². The second-order valence-corrected chi connectivity index (χ2v) is 25.3. The fourth-order valence-electron chi connectivity index (χ4n) is 13.5. The lowest BCUT2D eigenvalue weighted by Gasteiger charge is -2.40. The molecule has 2 aromatic heterocycles. The van der Waals surface area contributed by atoms with Gasteiger partial charge in [-0.3, -0.25) is 24.1 Å². The normalized spacial score (nSPS) is 17.9. The van der Waals surface area contributed by atoms with E-state index in [0.717, 1.165) is 157 Å². The molecule has 1 saturated heterocycles. The van der Waals surface area contributed by atoms with Crippen LogP contribution >= 0.6 is 0 Å². The van der Waals surface area contributed by atoms with Crippen molar-refractivity contribution >= 4 is 23.2 Å². The predicted octanol–water partition coefficient (Wildman–Crippen LogP) is 12.2. The number of aromatic amines is 2. The Kier molecular flexibility index (Phi) is 23.9. The number of nitrogens with one attached hydrogen (secondary N) is 4. The first-order chi connectivity index (χ1) is 42.3. The molecule has 2 amide bonds. The molecule has 3 heterocycles. The first-order valence-electron chi connectivity index (χ1n) is 32.5. The number of hydrogen-bond acceptors (Lipinski definition) is 11. The van der Waals surface area contributed by atoms with Gasteiger partial charge >= 0.3 is 0 Å². The average molecular weight is 1200 g/mol. The zero-order valence-electron chi connectivity index (χ0n) is 55.2. The Labute approximate surface area is 524 Å². The van der Waals surface area contributed by atoms with Gasteiger partial charge in [-0.15, -0.1) is 0 Å². The predicted molar refractivity (Wildman–Crippen MR) is 361 cm³/mol. The third-order valence-electron chi connectivity index (χ3n) is 18.8. The summed E-state index contributed by atoms with van der Waals surface area (Å²) < 4.78 is 11.4. The summed E-state index contributed by atoms with van der Waals surface area (Å²) in [6, 6.07) is 31.5. The first-order valence-corrected chi connectivity index (χ1v) is 32.5. The molecule has 3 fully saturated rings. The van der Waals surface area contributed by atoms with E-state index in [1.807, 2.05) is 64.1 Å². The van der Waals surface area contributed by atoms with Crippen LogP contribution < -0.4 is 36.3 Å². The van der Waals surface area contributed by atoms with E-state index < -0.39 is 0 Å². The molecule has 6 aromatic rings. The summed E-state index contributed by atoms with van der Waals surface area (Å²) in [5.74, 6) is 0.521. The van der Waals surface area contributed by atoms with Gasteiger partial charge in [-0.25, -0.2) is 0 Å². The quantitative estimate of drug-likeness (QED) is 0.0480. The number of nitrogens with zero attached hydrogens (tertiary/aromatic N) is 5. The molecular weight excluding hydrogens is 1100 g/mol. The molecular formula is C73H101N9O6. The van der Waals surface area contributed by atoms with Crippen LogP contribution in [0.1, 0.15) is 156 Å². The Morgan fingerprint density at radius 3 is 1.35 bits per heavy atom. The Morgan fingerprint density at radius 2 is 0.966 bits per heavy atom. The summed E-state index contributed by atoms with van der Waals surface area (Å²) in [4.78, 5) is 70.8. The van der Waals surface area contributed by atoms with Crippen molar-refractivity contribution in [3.8, 4) is 28.0 Å². The van der Waals surface area contributed by atoms with Crippen LogP contribution in [0.25, 0.3) is 22.3 Å². The summed E-state index contributed by atoms with van der Waals surface area (Å²) in [5, 5.41) is 6.13. The van der Waals surface area contributed by atoms with E-state index in [9.17, 15) is 19.2 Å². The Morgan fingerprint density at radius 1 is 0.557 bits per heavy atom. The molecule has 0 radical (unpaired) electrons. The molecule has 0 unspecified atom stereocenters. The Hall–Kier alpha value is -7.04. The van der Waals surface area contributed by atoms with E-state index in [0.29, 0.717) is 53.0 Å². The summed E-state index contributed by atoms with van der Waals surface area (Å²) in [7, 11) is 8.71. The molecule has 0 bridgehead atoms. The summed E-state index contributed by atoms with van der Waals surface area (Å²) >= 11 is 0. The van der Waals surface area contributed by atoms with E-state index in [1.54, 1.807) is 0 Å². The largest absolute Gasteiger partial charge is 0.494 e. The van der Waals surface area contributed by atoms with Gasteiger partial charge in [0.05, 0.1) is 19.8 Å². The molecule has 1 aliphatic heterocycles. The third-order valence-corrected chi connectivity index (χ3v) is 18.8. The van der Waals surface area contributed by atoms with Gasteiger partial charge in [0, 0.05) is 115 Å². The van der Waals surface area contributed by atoms with Crippen molar-refractivity contribution in [3.05, 3.63) is 167 Å². The number of amides is 2. The zero-order chi connectivity index (χ0) is 63.2. The number of morpholine rings is 1. The van der Waals surface area contributed by atoms with E-state index in [4.69, 9.17) is 9.47 Å². The molecule has 0 spiro atoms. The highest BCUT2D eigenvalue weighted by atomic mass is 16.5. The summed E-state index contributed by atoms with van der Waals surface area (Å²) in [6.07, 6.45) is 11.3. The van der Waals surface area contributed by atoms with E-state index >= 15 is 0 Å². The van der Waals surface area contributed by atoms with Gasteiger partial charge in [0.2, 0.25) is 0 Å². The maximum atomic E-state index is 13.9. The number of pyridine rings is 2. The highest BCUT2D eigenvalue weighted by Crippen LogP contribution is 2.38. The number of hydrogen-bond donors (Lipinski definition) is 4. The SMILES string of the molecule is CCCCOc1ccc(-c2cc(C(=O)NCc3c(C)cc(C)[nH]c3=O)c(C)c(N(CC)C3CCC(N(C)C)CC3)c2)cc1.CCN(c1cc(-c2ccc(CN3CCOCC3)cc2)cc(C(=O)NCc2c(C)cc(C)[nH]c2=O)c1C)C1CCC(N(C)C)CC1. The molecule has 15 heteroatoms. The molecule has 88 heavy (non-hydrogen) atoms. The summed E-state index contributed by atoms with van der Waals surface area (Å²) in [5.41, 5.74) is 15.1. The molecule has 3 aliphatic rings. The Bertz CT molecular complexity index is 3400. The van der Waals surface area contributed by atoms with Crippen molar-refractivity contribution in [1.29, 1.82) is 0 Å². The molecule has 4 N–H and O–H groups in total. The minimum Gasteiger partial charge on any atom is -0.494 e. The van der Waals surface area contributed by atoms with Gasteiger partial charge in [-0.1, -0.05) is 49.7 Å². The van der Waals surface area contributed by atoms with Gasteiger partial charge in [0.1, 0.15) is 5.75 Å². The van der Waals surface area contributed by atoms with Crippen molar-refractivity contribution in [2.45, 2.75) is 170 Å². The highest BCUT2D eigenvalue weighted by Gasteiger charge is 2.31. The highest BCUT2D eigenvalue weighted by molar-refractivity contribution is 6.00. The maximum absolute atomic E-state index is 13.9. The second kappa shape index (κ2) is 31.4. The minimum absolute atomic E-state index is 0.151. The average Bonchev–Trinajstić information content (AvgIpc) is 1.06. The first kappa shape index (κ1) is 66.9. The van der Waals surface area contributed by atoms with E-state index in [-0.39, 0.29) is 36.0 Å². The molecule has 2 aliphatic carbocycles. The molecule has 9 rings (SSSR count). The Balaban J connectivity index is 0.000000228. The second-order valence-electron chi connectivity index (χ2n) is 25.3. The topological polar surface area (TPSA) is 159 Å². The number of anilines is 2. The van der Waals surface area contributed by atoms with Crippen molar-refractivity contribution in [2.75, 3.05) is 84.0 Å². The molecule has 0 atom stereocenters. The van der Waals surface area contributed by atoms with Crippen molar-refractivity contribution in [2.24, 2.45) is 0 Å². The fourth-order valence-corrected chi connectivity index (χ4v) is 13.5. The lowest BCUT2D eigenvalue weighted by Crippen LogP contribution is -2.42. The monoisotopic (exact) mass is 1200 g/mol. The van der Waals surface area contributed by atoms with Crippen LogP contribution in [0.5, 0.6) is 5.75 Å². The minimum atomic E-state index is -0.174. The third kappa shape index (κ3) is 17.0. The summed E-state index contributed by atoms with van der Waals surface area (Å²) in [6.45, 7) is 25.5. The number of aromatic nitrogens is 2. The van der Waals surface area contributed by atoms with Gasteiger partial charge in [-0.2, -0.15) is 0 Å². The molecule has 15 nitrogen and oxygen atoms in total. The van der Waals surface area contributed by atoms with Crippen LogP contribution in [0.15, 0.2) is 94.5 Å². The molecule has 2 saturated carbocycles. The van der Waals surface area contributed by atoms with Crippen LogP contribution in [-0.4, -0.2) is 135 Å². The number of unbranched alkanes of at least 4 members (excludes halogenated alkanes) is 1. The lowest BCUT2D eigenvalue weighted by atomic mass is 9.88. The number of rotatable bonds is 22. The van der Waals surface area contributed by atoms with Crippen LogP contribution in [0.3, 0.4) is 0 Å². The number of carbonyl (C=O) groups is 2. The molecule has 474 valence electrons. The van der Waals surface area contributed by atoms with Crippen LogP contribution in [0.4, 0.5) is 11.4 Å². The van der Waals surface area contributed by atoms with Crippen LogP contribution in [-0.2, 0) is 24.4 Å². The van der Waals surface area contributed by atoms with E-state index in [2.05, 4.69) is 156 Å². The number of H-pyrrole nitrogens is 2. The van der Waals surface area contributed by atoms with Gasteiger partial charge in [0.15, 0.2) is 0 Å². The number of benzene rings is 4. The number of carbonyl (C=O) groups excluding carboxylic acids is 2. The maximum Gasteiger partial charge on any atom is 0.253 e. The molecule has 4 aromatic carbocycles. The van der Waals surface area contributed by atoms with Crippen LogP contribution in [0.2, 0.25) is 0 Å². The fraction of sp³-hybridized carbons (Fsp3) is 0.507. The smallest absolute Gasteiger partial charge is 0.253 e. The lowest BCUT2D eigenvalue weighted by molar-refractivity contribution is 0.0342. The van der Waals surface area contributed by atoms with E-state index in [1.165, 1.54) is 31.2 Å². The van der Waals surface area contributed by atoms with Crippen molar-refractivity contribution in [3.63, 3.8) is 0 Å². The van der Waals surface area contributed by atoms with Gasteiger partial charge < -0.3 is 49.7 Å². The zero-order valence-corrected chi connectivity index (χ0v) is 55.2. The number of aryl methyl sites for hydroxylation is 4. The van der Waals surface area contributed by atoms with Crippen LogP contribution in [0, 0.1) is 41.5 Å². The van der Waals surface area contributed by atoms with Gasteiger partial charge in [0.25, 0.3) is 22.9 Å².